The fraction of sp³-hybridized carbons (Fsp3) is 0.167. The van der Waals surface area contributed by atoms with Crippen LogP contribution < -0.4 is 10.5 Å². The van der Waals surface area contributed by atoms with Gasteiger partial charge in [-0.2, -0.15) is 0 Å². The largest absolute Gasteiger partial charge is 0.493 e. The van der Waals surface area contributed by atoms with Crippen LogP contribution in [0.5, 0.6) is 5.75 Å². The van der Waals surface area contributed by atoms with Crippen LogP contribution in [0.1, 0.15) is 11.1 Å². The fourth-order valence-electron chi connectivity index (χ4n) is 2.95. The van der Waals surface area contributed by atoms with E-state index in [1.807, 2.05) is 12.3 Å². The average Bonchev–Trinajstić information content (AvgIpc) is 3.02. The van der Waals surface area contributed by atoms with E-state index >= 15 is 0 Å². The minimum Gasteiger partial charge on any atom is -0.493 e. The molecule has 0 amide bonds. The molecule has 2 heterocycles. The second-order valence-corrected chi connectivity index (χ2v) is 5.34. The lowest BCUT2D eigenvalue weighted by Crippen LogP contribution is -2.00. The molecule has 1 aliphatic heterocycles. The number of pyridine rings is 1. The minimum atomic E-state index is 0.502. The second-order valence-electron chi connectivity index (χ2n) is 5.34. The zero-order valence-corrected chi connectivity index (χ0v) is 11.7. The van der Waals surface area contributed by atoms with Gasteiger partial charge in [0, 0.05) is 30.1 Å². The summed E-state index contributed by atoms with van der Waals surface area (Å²) < 4.78 is 5.69. The number of rotatable bonds is 2. The van der Waals surface area contributed by atoms with Crippen molar-refractivity contribution in [2.75, 3.05) is 6.61 Å². The van der Waals surface area contributed by atoms with Crippen LogP contribution in [0.25, 0.3) is 22.0 Å². The molecule has 4 rings (SSSR count). The Morgan fingerprint density at radius 2 is 2.05 bits per heavy atom. The van der Waals surface area contributed by atoms with E-state index in [2.05, 4.69) is 41.4 Å². The SMILES string of the molecule is NCc1cc(-c2ccc3cccnc3c2)cc2c1OCC2. The first kappa shape index (κ1) is 12.4. The van der Waals surface area contributed by atoms with Crippen LogP contribution in [0.2, 0.25) is 0 Å². The Labute approximate surface area is 123 Å². The molecule has 0 radical (unpaired) electrons. The molecule has 0 atom stereocenters. The molecule has 3 aromatic rings. The number of hydrogen-bond acceptors (Lipinski definition) is 3. The third-order valence-electron chi connectivity index (χ3n) is 4.02. The predicted octanol–water partition coefficient (Wildman–Crippen LogP) is 3.30. The number of aromatic nitrogens is 1. The Morgan fingerprint density at radius 3 is 2.95 bits per heavy atom. The first-order chi connectivity index (χ1) is 10.3. The smallest absolute Gasteiger partial charge is 0.127 e. The maximum absolute atomic E-state index is 5.87. The summed E-state index contributed by atoms with van der Waals surface area (Å²) in [4.78, 5) is 4.43. The first-order valence-corrected chi connectivity index (χ1v) is 7.19. The van der Waals surface area contributed by atoms with E-state index in [1.165, 1.54) is 16.7 Å². The highest BCUT2D eigenvalue weighted by Gasteiger charge is 2.17. The van der Waals surface area contributed by atoms with Crippen molar-refractivity contribution in [1.29, 1.82) is 0 Å². The molecule has 0 fully saturated rings. The van der Waals surface area contributed by atoms with Crippen molar-refractivity contribution in [2.45, 2.75) is 13.0 Å². The van der Waals surface area contributed by atoms with E-state index in [1.54, 1.807) is 0 Å². The van der Waals surface area contributed by atoms with Gasteiger partial charge < -0.3 is 10.5 Å². The minimum absolute atomic E-state index is 0.502. The van der Waals surface area contributed by atoms with E-state index in [0.29, 0.717) is 6.54 Å². The van der Waals surface area contributed by atoms with E-state index in [0.717, 1.165) is 35.2 Å². The first-order valence-electron chi connectivity index (χ1n) is 7.19. The molecule has 1 aromatic heterocycles. The molecule has 3 nitrogen and oxygen atoms in total. The molecule has 21 heavy (non-hydrogen) atoms. The Balaban J connectivity index is 1.88. The summed E-state index contributed by atoms with van der Waals surface area (Å²) in [5.41, 5.74) is 11.6. The summed E-state index contributed by atoms with van der Waals surface area (Å²) >= 11 is 0. The van der Waals surface area contributed by atoms with Crippen molar-refractivity contribution >= 4 is 10.9 Å². The molecule has 0 spiro atoms. The van der Waals surface area contributed by atoms with Gasteiger partial charge in [-0.3, -0.25) is 4.98 Å². The van der Waals surface area contributed by atoms with Gasteiger partial charge in [-0.1, -0.05) is 18.2 Å². The van der Waals surface area contributed by atoms with Crippen molar-refractivity contribution in [3.05, 3.63) is 59.8 Å². The van der Waals surface area contributed by atoms with Crippen molar-refractivity contribution in [3.63, 3.8) is 0 Å². The molecular formula is C18H16N2O. The number of nitrogens with two attached hydrogens (primary N) is 1. The van der Waals surface area contributed by atoms with E-state index in [4.69, 9.17) is 10.5 Å². The van der Waals surface area contributed by atoms with E-state index in [9.17, 15) is 0 Å². The monoisotopic (exact) mass is 276 g/mol. The lowest BCUT2D eigenvalue weighted by Gasteiger charge is -2.10. The van der Waals surface area contributed by atoms with Gasteiger partial charge in [0.15, 0.2) is 0 Å². The summed E-state index contributed by atoms with van der Waals surface area (Å²) in [6.07, 6.45) is 2.79. The average molecular weight is 276 g/mol. The lowest BCUT2D eigenvalue weighted by molar-refractivity contribution is 0.353. The van der Waals surface area contributed by atoms with Gasteiger partial charge in [-0.25, -0.2) is 0 Å². The molecule has 104 valence electrons. The molecule has 2 N–H and O–H groups in total. The fourth-order valence-corrected chi connectivity index (χ4v) is 2.95. The Morgan fingerprint density at radius 1 is 1.10 bits per heavy atom. The van der Waals surface area contributed by atoms with Crippen molar-refractivity contribution in [3.8, 4) is 16.9 Å². The molecular weight excluding hydrogens is 260 g/mol. The van der Waals surface area contributed by atoms with Gasteiger partial charge in [-0.15, -0.1) is 0 Å². The lowest BCUT2D eigenvalue weighted by atomic mass is 9.97. The molecule has 1 aliphatic rings. The second kappa shape index (κ2) is 4.86. The van der Waals surface area contributed by atoms with Crippen molar-refractivity contribution in [2.24, 2.45) is 5.73 Å². The quantitative estimate of drug-likeness (QED) is 0.781. The van der Waals surface area contributed by atoms with Crippen LogP contribution in [-0.4, -0.2) is 11.6 Å². The molecule has 0 saturated carbocycles. The number of hydrogen-bond donors (Lipinski definition) is 1. The van der Waals surface area contributed by atoms with Crippen LogP contribution in [-0.2, 0) is 13.0 Å². The van der Waals surface area contributed by atoms with Gasteiger partial charge in [-0.05, 0) is 41.0 Å². The summed E-state index contributed by atoms with van der Waals surface area (Å²) in [5.74, 6) is 0.986. The maximum atomic E-state index is 5.87. The van der Waals surface area contributed by atoms with E-state index in [-0.39, 0.29) is 0 Å². The number of nitrogens with zero attached hydrogens (tertiary/aromatic N) is 1. The molecule has 2 aromatic carbocycles. The Hall–Kier alpha value is -2.39. The number of fused-ring (bicyclic) bond motifs is 2. The topological polar surface area (TPSA) is 48.1 Å². The standard InChI is InChI=1S/C18H16N2O/c19-11-16-9-15(8-14-5-7-21-18(14)16)13-4-3-12-2-1-6-20-17(12)10-13/h1-4,6,8-10H,5,7,11,19H2. The summed E-state index contributed by atoms with van der Waals surface area (Å²) in [7, 11) is 0. The highest BCUT2D eigenvalue weighted by Crippen LogP contribution is 2.35. The zero-order chi connectivity index (χ0) is 14.2. The van der Waals surface area contributed by atoms with Gasteiger partial charge in [0.2, 0.25) is 0 Å². The molecule has 0 bridgehead atoms. The van der Waals surface area contributed by atoms with Crippen LogP contribution in [0.15, 0.2) is 48.7 Å². The predicted molar refractivity (Wildman–Crippen MR) is 84.3 cm³/mol. The highest BCUT2D eigenvalue weighted by molar-refractivity contribution is 5.84. The van der Waals surface area contributed by atoms with Crippen LogP contribution in [0.4, 0.5) is 0 Å². The molecule has 0 saturated heterocycles. The maximum Gasteiger partial charge on any atom is 0.127 e. The van der Waals surface area contributed by atoms with Crippen LogP contribution >= 0.6 is 0 Å². The van der Waals surface area contributed by atoms with Crippen LogP contribution in [0, 0.1) is 0 Å². The number of benzene rings is 2. The van der Waals surface area contributed by atoms with Gasteiger partial charge in [0.1, 0.15) is 5.75 Å². The summed E-state index contributed by atoms with van der Waals surface area (Å²) in [6.45, 7) is 1.26. The van der Waals surface area contributed by atoms with Gasteiger partial charge in [0.25, 0.3) is 0 Å². The summed E-state index contributed by atoms with van der Waals surface area (Å²) in [6, 6.07) is 14.8. The Kier molecular flexibility index (Phi) is 2.86. The van der Waals surface area contributed by atoms with Crippen LogP contribution in [0.3, 0.4) is 0 Å². The normalized spacial score (nSPS) is 13.2. The number of ether oxygens (including phenoxy) is 1. The molecule has 0 unspecified atom stereocenters. The zero-order valence-electron chi connectivity index (χ0n) is 11.7. The Bertz CT molecular complexity index is 827. The molecule has 0 aliphatic carbocycles. The van der Waals surface area contributed by atoms with Gasteiger partial charge in [0.05, 0.1) is 12.1 Å². The third kappa shape index (κ3) is 2.06. The molecule has 3 heteroatoms. The van der Waals surface area contributed by atoms with Gasteiger partial charge >= 0.3 is 0 Å². The van der Waals surface area contributed by atoms with Crippen molar-refractivity contribution < 1.29 is 4.74 Å². The third-order valence-corrected chi connectivity index (χ3v) is 4.02. The van der Waals surface area contributed by atoms with Crippen molar-refractivity contribution in [1.82, 2.24) is 4.98 Å². The highest BCUT2D eigenvalue weighted by atomic mass is 16.5. The van der Waals surface area contributed by atoms with E-state index < -0.39 is 0 Å². The summed E-state index contributed by atoms with van der Waals surface area (Å²) in [5, 5.41) is 1.16.